The zero-order valence-corrected chi connectivity index (χ0v) is 14.7. The lowest BCUT2D eigenvalue weighted by molar-refractivity contribution is 0.0923. The topological polar surface area (TPSA) is 29.1 Å². The van der Waals surface area contributed by atoms with Crippen LogP contribution in [0.5, 0.6) is 0 Å². The van der Waals surface area contributed by atoms with Crippen molar-refractivity contribution in [2.75, 3.05) is 0 Å². The van der Waals surface area contributed by atoms with Gasteiger partial charge in [-0.25, -0.2) is 0 Å². The number of rotatable bonds is 6. The van der Waals surface area contributed by atoms with Crippen LogP contribution in [0.2, 0.25) is 0 Å². The van der Waals surface area contributed by atoms with Crippen molar-refractivity contribution >= 4 is 33.2 Å². The Morgan fingerprint density at radius 1 is 1.14 bits per heavy atom. The lowest BCUT2D eigenvalue weighted by Gasteiger charge is -2.26. The van der Waals surface area contributed by atoms with Crippen LogP contribution in [0.4, 0.5) is 0 Å². The average molecular weight is 366 g/mol. The molecule has 0 aliphatic carbocycles. The molecule has 2 rings (SSSR count). The van der Waals surface area contributed by atoms with Crippen LogP contribution in [0.3, 0.4) is 0 Å². The first-order valence-corrected chi connectivity index (χ1v) is 8.87. The molecule has 0 aliphatic heterocycles. The fourth-order valence-electron chi connectivity index (χ4n) is 2.54. The monoisotopic (exact) mass is 365 g/mol. The van der Waals surface area contributed by atoms with Crippen molar-refractivity contribution in [2.24, 2.45) is 5.92 Å². The summed E-state index contributed by atoms with van der Waals surface area (Å²) in [6, 6.07) is 14.1. The third-order valence-electron chi connectivity index (χ3n) is 3.76. The smallest absolute Gasteiger partial charge is 0.261 e. The minimum absolute atomic E-state index is 0.00598. The third kappa shape index (κ3) is 4.17. The molecule has 21 heavy (non-hydrogen) atoms. The highest BCUT2D eigenvalue weighted by atomic mass is 79.9. The van der Waals surface area contributed by atoms with Crippen LogP contribution < -0.4 is 5.32 Å². The molecule has 0 saturated heterocycles. The molecule has 2 aromatic rings. The molecule has 1 aromatic carbocycles. The molecule has 112 valence electrons. The zero-order chi connectivity index (χ0) is 15.2. The van der Waals surface area contributed by atoms with E-state index in [1.807, 2.05) is 30.3 Å². The van der Waals surface area contributed by atoms with E-state index >= 15 is 0 Å². The summed E-state index contributed by atoms with van der Waals surface area (Å²) in [4.78, 5) is 13.2. The molecule has 0 saturated carbocycles. The van der Waals surface area contributed by atoms with E-state index in [2.05, 4.69) is 47.2 Å². The van der Waals surface area contributed by atoms with Crippen molar-refractivity contribution in [1.29, 1.82) is 0 Å². The third-order valence-corrected chi connectivity index (χ3v) is 5.38. The van der Waals surface area contributed by atoms with Gasteiger partial charge in [0.1, 0.15) is 0 Å². The van der Waals surface area contributed by atoms with Crippen molar-refractivity contribution < 1.29 is 4.79 Å². The van der Waals surface area contributed by atoms with Gasteiger partial charge in [0.15, 0.2) is 0 Å². The number of benzene rings is 1. The minimum Gasteiger partial charge on any atom is -0.344 e. The predicted molar refractivity (Wildman–Crippen MR) is 92.7 cm³/mol. The number of carbonyl (C=O) groups is 1. The van der Waals surface area contributed by atoms with Crippen LogP contribution in [-0.2, 0) is 0 Å². The summed E-state index contributed by atoms with van der Waals surface area (Å²) in [7, 11) is 0. The van der Waals surface area contributed by atoms with Crippen LogP contribution in [0, 0.1) is 5.92 Å². The second-order valence-electron chi connectivity index (χ2n) is 5.04. The van der Waals surface area contributed by atoms with Crippen molar-refractivity contribution in [3.8, 4) is 0 Å². The standard InChI is InChI=1S/C17H20BrNOS/c1-3-12(4-2)16(13-8-6-5-7-9-13)19-17(20)14-10-11-15(18)21-14/h5-12,16H,3-4H2,1-2H3,(H,19,20). The molecule has 1 amide bonds. The Morgan fingerprint density at radius 3 is 2.33 bits per heavy atom. The van der Waals surface area contributed by atoms with Gasteiger partial charge >= 0.3 is 0 Å². The second-order valence-corrected chi connectivity index (χ2v) is 7.51. The van der Waals surface area contributed by atoms with E-state index in [0.717, 1.165) is 21.5 Å². The first-order valence-electron chi connectivity index (χ1n) is 7.26. The van der Waals surface area contributed by atoms with Gasteiger partial charge in [0.2, 0.25) is 0 Å². The van der Waals surface area contributed by atoms with Crippen molar-refractivity contribution in [2.45, 2.75) is 32.7 Å². The van der Waals surface area contributed by atoms with Gasteiger partial charge in [0.25, 0.3) is 5.91 Å². The van der Waals surface area contributed by atoms with Crippen LogP contribution in [0.1, 0.15) is 48.0 Å². The Kier molecular flexibility index (Phi) is 6.00. The van der Waals surface area contributed by atoms with Gasteiger partial charge in [-0.3, -0.25) is 4.79 Å². The maximum Gasteiger partial charge on any atom is 0.261 e. The molecular weight excluding hydrogens is 346 g/mol. The summed E-state index contributed by atoms with van der Waals surface area (Å²) in [5.41, 5.74) is 1.18. The molecule has 0 radical (unpaired) electrons. The van der Waals surface area contributed by atoms with Gasteiger partial charge in [0.05, 0.1) is 14.7 Å². The van der Waals surface area contributed by atoms with Crippen LogP contribution in [0.15, 0.2) is 46.3 Å². The molecule has 0 fully saturated rings. The molecule has 1 unspecified atom stereocenters. The summed E-state index contributed by atoms with van der Waals surface area (Å²) in [6.45, 7) is 4.36. The maximum absolute atomic E-state index is 12.5. The van der Waals surface area contributed by atoms with E-state index in [1.54, 1.807) is 0 Å². The maximum atomic E-state index is 12.5. The normalized spacial score (nSPS) is 12.4. The van der Waals surface area contributed by atoms with E-state index in [1.165, 1.54) is 16.9 Å². The van der Waals surface area contributed by atoms with E-state index in [-0.39, 0.29) is 11.9 Å². The number of carbonyl (C=O) groups excluding carboxylic acids is 1. The van der Waals surface area contributed by atoms with E-state index < -0.39 is 0 Å². The summed E-state index contributed by atoms with van der Waals surface area (Å²) < 4.78 is 0.978. The van der Waals surface area contributed by atoms with E-state index in [9.17, 15) is 4.79 Å². The molecular formula is C17H20BrNOS. The summed E-state index contributed by atoms with van der Waals surface area (Å²) in [6.07, 6.45) is 2.09. The van der Waals surface area contributed by atoms with Gasteiger partial charge in [-0.05, 0) is 39.5 Å². The molecule has 1 N–H and O–H groups in total. The van der Waals surface area contributed by atoms with Gasteiger partial charge in [0, 0.05) is 0 Å². The highest BCUT2D eigenvalue weighted by Gasteiger charge is 2.23. The largest absolute Gasteiger partial charge is 0.344 e. The number of thiophene rings is 1. The second kappa shape index (κ2) is 7.76. The molecule has 1 heterocycles. The Bertz CT molecular complexity index is 577. The van der Waals surface area contributed by atoms with Crippen molar-refractivity contribution in [1.82, 2.24) is 5.32 Å². The summed E-state index contributed by atoms with van der Waals surface area (Å²) in [5.74, 6) is 0.450. The quantitative estimate of drug-likeness (QED) is 0.727. The molecule has 1 aromatic heterocycles. The highest BCUT2D eigenvalue weighted by molar-refractivity contribution is 9.11. The SMILES string of the molecule is CCC(CC)C(NC(=O)c1ccc(Br)s1)c1ccccc1. The molecule has 2 nitrogen and oxygen atoms in total. The molecule has 4 heteroatoms. The Balaban J connectivity index is 2.22. The van der Waals surface area contributed by atoms with Crippen LogP contribution in [-0.4, -0.2) is 5.91 Å². The van der Waals surface area contributed by atoms with Gasteiger partial charge < -0.3 is 5.32 Å². The number of hydrogen-bond acceptors (Lipinski definition) is 2. The fourth-order valence-corrected chi connectivity index (χ4v) is 3.83. The number of hydrogen-bond donors (Lipinski definition) is 1. The molecule has 0 spiro atoms. The van der Waals surface area contributed by atoms with Crippen LogP contribution >= 0.6 is 27.3 Å². The number of amides is 1. The van der Waals surface area contributed by atoms with Crippen molar-refractivity contribution in [3.63, 3.8) is 0 Å². The van der Waals surface area contributed by atoms with Crippen molar-refractivity contribution in [3.05, 3.63) is 56.7 Å². The van der Waals surface area contributed by atoms with Gasteiger partial charge in [-0.2, -0.15) is 0 Å². The first kappa shape index (κ1) is 16.2. The highest BCUT2D eigenvalue weighted by Crippen LogP contribution is 2.29. The lowest BCUT2D eigenvalue weighted by atomic mass is 9.89. The predicted octanol–water partition coefficient (Wildman–Crippen LogP) is 5.42. The fraction of sp³-hybridized carbons (Fsp3) is 0.353. The van der Waals surface area contributed by atoms with Crippen LogP contribution in [0.25, 0.3) is 0 Å². The summed E-state index contributed by atoms with van der Waals surface area (Å²) in [5, 5.41) is 3.22. The average Bonchev–Trinajstić information content (AvgIpc) is 2.95. The van der Waals surface area contributed by atoms with Gasteiger partial charge in [-0.15, -0.1) is 11.3 Å². The van der Waals surface area contributed by atoms with E-state index in [4.69, 9.17) is 0 Å². The number of nitrogens with one attached hydrogen (secondary N) is 1. The molecule has 1 atom stereocenters. The minimum atomic E-state index is 0.00598. The van der Waals surface area contributed by atoms with E-state index in [0.29, 0.717) is 5.92 Å². The first-order chi connectivity index (χ1) is 10.2. The Morgan fingerprint density at radius 2 is 1.81 bits per heavy atom. The summed E-state index contributed by atoms with van der Waals surface area (Å²) >= 11 is 4.87. The Labute approximate surface area is 138 Å². The Hall–Kier alpha value is -1.13. The lowest BCUT2D eigenvalue weighted by Crippen LogP contribution is -2.32. The van der Waals surface area contributed by atoms with Gasteiger partial charge in [-0.1, -0.05) is 57.0 Å². The molecule has 0 bridgehead atoms. The zero-order valence-electron chi connectivity index (χ0n) is 12.3. The molecule has 0 aliphatic rings. The number of halogens is 1.